The number of nitrogens with one attached hydrogen (secondary N) is 1. The van der Waals surface area contributed by atoms with Crippen molar-refractivity contribution >= 4 is 28.8 Å². The third-order valence-electron chi connectivity index (χ3n) is 5.20. The molecule has 1 N–H and O–H groups in total. The molecule has 3 aromatic rings. The first-order valence-corrected chi connectivity index (χ1v) is 10.1. The molecule has 9 heteroatoms. The second kappa shape index (κ2) is 8.93. The molecule has 1 aliphatic heterocycles. The average molecular weight is 468 g/mol. The monoisotopic (exact) mass is 468 g/mol. The Hall–Kier alpha value is -4.27. The summed E-state index contributed by atoms with van der Waals surface area (Å²) in [5.74, 6) is -0.649. The summed E-state index contributed by atoms with van der Waals surface area (Å²) in [7, 11) is 2.86. The minimum atomic E-state index is -4.56. The lowest BCUT2D eigenvalue weighted by Crippen LogP contribution is -2.32. The molecule has 0 radical (unpaired) electrons. The zero-order chi connectivity index (χ0) is 24.5. The van der Waals surface area contributed by atoms with Crippen molar-refractivity contribution in [3.63, 3.8) is 0 Å². The molecule has 174 valence electrons. The van der Waals surface area contributed by atoms with E-state index in [4.69, 9.17) is 9.47 Å². The van der Waals surface area contributed by atoms with Crippen LogP contribution in [0.3, 0.4) is 0 Å². The van der Waals surface area contributed by atoms with Crippen LogP contribution in [0.1, 0.15) is 11.1 Å². The first kappa shape index (κ1) is 22.9. The summed E-state index contributed by atoms with van der Waals surface area (Å²) in [5.41, 5.74) is -0.342. The fourth-order valence-corrected chi connectivity index (χ4v) is 3.59. The summed E-state index contributed by atoms with van der Waals surface area (Å²) in [6, 6.07) is 17.4. The number of hydrogen-bond acceptors (Lipinski definition) is 5. The molecule has 0 atom stereocenters. The van der Waals surface area contributed by atoms with E-state index in [1.54, 1.807) is 36.4 Å². The Bertz CT molecular complexity index is 1260. The molecule has 1 heterocycles. The van der Waals surface area contributed by atoms with E-state index in [1.165, 1.54) is 38.5 Å². The first-order valence-electron chi connectivity index (χ1n) is 10.1. The van der Waals surface area contributed by atoms with E-state index >= 15 is 0 Å². The van der Waals surface area contributed by atoms with Crippen LogP contribution in [0.5, 0.6) is 11.5 Å². The van der Waals surface area contributed by atoms with Gasteiger partial charge >= 0.3 is 6.18 Å². The van der Waals surface area contributed by atoms with Gasteiger partial charge in [0.05, 0.1) is 31.0 Å². The lowest BCUT2D eigenvalue weighted by atomic mass is 10.0. The Morgan fingerprint density at radius 2 is 1.44 bits per heavy atom. The maximum atomic E-state index is 13.5. The number of benzene rings is 3. The van der Waals surface area contributed by atoms with Gasteiger partial charge in [-0.1, -0.05) is 36.4 Å². The number of amides is 2. The molecule has 34 heavy (non-hydrogen) atoms. The number of hydrogen-bond donors (Lipinski definition) is 1. The van der Waals surface area contributed by atoms with Gasteiger partial charge in [-0.2, -0.15) is 13.2 Å². The number of carbonyl (C=O) groups is 2. The Labute approximate surface area is 193 Å². The van der Waals surface area contributed by atoms with Crippen molar-refractivity contribution in [3.05, 3.63) is 89.6 Å². The number of halogens is 3. The number of nitrogens with zero attached hydrogens (tertiary/aromatic N) is 1. The zero-order valence-electron chi connectivity index (χ0n) is 18.1. The van der Waals surface area contributed by atoms with Crippen molar-refractivity contribution < 1.29 is 32.2 Å². The van der Waals surface area contributed by atoms with Crippen molar-refractivity contribution in [2.24, 2.45) is 0 Å². The molecule has 3 aromatic carbocycles. The van der Waals surface area contributed by atoms with E-state index in [0.717, 1.165) is 17.0 Å². The van der Waals surface area contributed by atoms with E-state index in [1.807, 2.05) is 0 Å². The van der Waals surface area contributed by atoms with Gasteiger partial charge in [0.1, 0.15) is 17.2 Å². The number of carbonyl (C=O) groups excluding carboxylic acids is 2. The average Bonchev–Trinajstić information content (AvgIpc) is 3.07. The zero-order valence-corrected chi connectivity index (χ0v) is 18.1. The maximum absolute atomic E-state index is 13.5. The molecule has 0 unspecified atom stereocenters. The third kappa shape index (κ3) is 4.32. The smallest absolute Gasteiger partial charge is 0.416 e. The SMILES string of the molecule is COc1cc(OC)cc(N2C(=O)C(Nc3cccc(C(F)(F)F)c3)=C(c3ccccc3)C2=O)c1. The molecule has 0 bridgehead atoms. The summed E-state index contributed by atoms with van der Waals surface area (Å²) in [6.07, 6.45) is -4.56. The number of rotatable bonds is 6. The van der Waals surface area contributed by atoms with Crippen molar-refractivity contribution in [2.75, 3.05) is 24.4 Å². The van der Waals surface area contributed by atoms with Crippen LogP contribution in [-0.2, 0) is 15.8 Å². The maximum Gasteiger partial charge on any atom is 0.416 e. The lowest BCUT2D eigenvalue weighted by Gasteiger charge is -2.17. The van der Waals surface area contributed by atoms with E-state index in [2.05, 4.69) is 5.32 Å². The van der Waals surface area contributed by atoms with Crippen LogP contribution in [0, 0.1) is 0 Å². The first-order chi connectivity index (χ1) is 16.2. The minimum absolute atomic E-state index is 0.0180. The highest BCUT2D eigenvalue weighted by Crippen LogP contribution is 2.37. The van der Waals surface area contributed by atoms with E-state index in [0.29, 0.717) is 17.1 Å². The van der Waals surface area contributed by atoms with Gasteiger partial charge in [0, 0.05) is 23.9 Å². The summed E-state index contributed by atoms with van der Waals surface area (Å²) < 4.78 is 50.1. The number of anilines is 2. The predicted octanol–water partition coefficient (Wildman–Crippen LogP) is 5.12. The highest BCUT2D eigenvalue weighted by Gasteiger charge is 2.41. The highest BCUT2D eigenvalue weighted by molar-refractivity contribution is 6.46. The van der Waals surface area contributed by atoms with Gasteiger partial charge in [-0.25, -0.2) is 4.90 Å². The largest absolute Gasteiger partial charge is 0.497 e. The minimum Gasteiger partial charge on any atom is -0.497 e. The van der Waals surface area contributed by atoms with Crippen LogP contribution in [0.2, 0.25) is 0 Å². The Kier molecular flexibility index (Phi) is 6.02. The lowest BCUT2D eigenvalue weighted by molar-refractivity contribution is -0.137. The van der Waals surface area contributed by atoms with Crippen molar-refractivity contribution in [1.29, 1.82) is 0 Å². The van der Waals surface area contributed by atoms with Crippen LogP contribution >= 0.6 is 0 Å². The molecule has 6 nitrogen and oxygen atoms in total. The molecular weight excluding hydrogens is 449 g/mol. The van der Waals surface area contributed by atoms with Gasteiger partial charge in [0.15, 0.2) is 0 Å². The predicted molar refractivity (Wildman–Crippen MR) is 120 cm³/mol. The number of methoxy groups -OCH3 is 2. The molecular formula is C25H19F3N2O4. The Morgan fingerprint density at radius 1 is 0.794 bits per heavy atom. The summed E-state index contributed by atoms with van der Waals surface area (Å²) in [5, 5.41) is 2.74. The molecule has 4 rings (SSSR count). The van der Waals surface area contributed by atoms with Crippen LogP contribution < -0.4 is 19.7 Å². The van der Waals surface area contributed by atoms with Crippen LogP contribution in [0.25, 0.3) is 5.57 Å². The third-order valence-corrected chi connectivity index (χ3v) is 5.20. The molecule has 0 saturated carbocycles. The van der Waals surface area contributed by atoms with Gasteiger partial charge in [-0.3, -0.25) is 9.59 Å². The summed E-state index contributed by atoms with van der Waals surface area (Å²) in [6.45, 7) is 0. The fourth-order valence-electron chi connectivity index (χ4n) is 3.59. The molecule has 0 saturated heterocycles. The van der Waals surface area contributed by atoms with E-state index in [9.17, 15) is 22.8 Å². The number of ether oxygens (including phenoxy) is 2. The molecule has 0 fully saturated rings. The second-order valence-corrected chi connectivity index (χ2v) is 7.34. The second-order valence-electron chi connectivity index (χ2n) is 7.34. The van der Waals surface area contributed by atoms with Crippen LogP contribution in [0.15, 0.2) is 78.5 Å². The van der Waals surface area contributed by atoms with E-state index in [-0.39, 0.29) is 22.6 Å². The quantitative estimate of drug-likeness (QED) is 0.509. The van der Waals surface area contributed by atoms with Gasteiger partial charge in [0.25, 0.3) is 11.8 Å². The molecule has 2 amide bonds. The van der Waals surface area contributed by atoms with Crippen molar-refractivity contribution in [3.8, 4) is 11.5 Å². The van der Waals surface area contributed by atoms with E-state index < -0.39 is 23.6 Å². The number of imide groups is 1. The molecule has 0 spiro atoms. The topological polar surface area (TPSA) is 67.9 Å². The molecule has 0 aliphatic carbocycles. The van der Waals surface area contributed by atoms with Gasteiger partial charge in [-0.15, -0.1) is 0 Å². The van der Waals surface area contributed by atoms with Crippen molar-refractivity contribution in [1.82, 2.24) is 0 Å². The van der Waals surface area contributed by atoms with Gasteiger partial charge in [0.2, 0.25) is 0 Å². The van der Waals surface area contributed by atoms with Crippen LogP contribution in [-0.4, -0.2) is 26.0 Å². The number of alkyl halides is 3. The van der Waals surface area contributed by atoms with Gasteiger partial charge in [-0.05, 0) is 23.8 Å². The molecule has 0 aromatic heterocycles. The Balaban J connectivity index is 1.82. The fraction of sp³-hybridized carbons (Fsp3) is 0.120. The summed E-state index contributed by atoms with van der Waals surface area (Å²) >= 11 is 0. The standard InChI is InChI=1S/C25H19F3N2O4/c1-33-19-12-18(13-20(14-19)34-2)30-23(31)21(15-7-4-3-5-8-15)22(24(30)32)29-17-10-6-9-16(11-17)25(26,27)28/h3-14,29H,1-2H3. The summed E-state index contributed by atoms with van der Waals surface area (Å²) in [4.78, 5) is 27.9. The van der Waals surface area contributed by atoms with Crippen molar-refractivity contribution in [2.45, 2.75) is 6.18 Å². The highest BCUT2D eigenvalue weighted by atomic mass is 19.4. The van der Waals surface area contributed by atoms with Crippen LogP contribution in [0.4, 0.5) is 24.5 Å². The van der Waals surface area contributed by atoms with Gasteiger partial charge < -0.3 is 14.8 Å². The Morgan fingerprint density at radius 3 is 2.03 bits per heavy atom. The molecule has 1 aliphatic rings. The normalized spacial score (nSPS) is 14.0.